The Morgan fingerprint density at radius 2 is 1.88 bits per heavy atom. The zero-order chi connectivity index (χ0) is 18.4. The van der Waals surface area contributed by atoms with E-state index < -0.39 is 0 Å². The SMILES string of the molecule is COCCn1c(SCc2cc(C)ccc2OC)nnc1-c1ccncc1. The van der Waals surface area contributed by atoms with Crippen molar-refractivity contribution >= 4 is 11.8 Å². The topological polar surface area (TPSA) is 62.1 Å². The van der Waals surface area contributed by atoms with Gasteiger partial charge >= 0.3 is 0 Å². The van der Waals surface area contributed by atoms with Gasteiger partial charge in [-0.05, 0) is 25.1 Å². The highest BCUT2D eigenvalue weighted by molar-refractivity contribution is 7.98. The van der Waals surface area contributed by atoms with E-state index >= 15 is 0 Å². The first-order valence-electron chi connectivity index (χ1n) is 8.31. The molecule has 0 unspecified atom stereocenters. The molecule has 0 saturated heterocycles. The van der Waals surface area contributed by atoms with Gasteiger partial charge in [0.25, 0.3) is 0 Å². The summed E-state index contributed by atoms with van der Waals surface area (Å²) in [5.41, 5.74) is 3.34. The van der Waals surface area contributed by atoms with Crippen LogP contribution in [-0.4, -0.2) is 40.6 Å². The van der Waals surface area contributed by atoms with Gasteiger partial charge < -0.3 is 9.47 Å². The molecule has 0 saturated carbocycles. The number of nitrogens with zero attached hydrogens (tertiary/aromatic N) is 4. The number of methoxy groups -OCH3 is 2. The number of ether oxygens (including phenoxy) is 2. The molecule has 0 spiro atoms. The van der Waals surface area contributed by atoms with Crippen molar-refractivity contribution in [2.75, 3.05) is 20.8 Å². The van der Waals surface area contributed by atoms with Gasteiger partial charge in [0, 0.05) is 36.4 Å². The van der Waals surface area contributed by atoms with Crippen molar-refractivity contribution < 1.29 is 9.47 Å². The van der Waals surface area contributed by atoms with Crippen molar-refractivity contribution in [2.24, 2.45) is 0 Å². The number of rotatable bonds is 8. The van der Waals surface area contributed by atoms with Gasteiger partial charge in [-0.2, -0.15) is 0 Å². The predicted octanol–water partition coefficient (Wildman–Crippen LogP) is 3.60. The summed E-state index contributed by atoms with van der Waals surface area (Å²) in [5.74, 6) is 2.47. The van der Waals surface area contributed by atoms with Crippen LogP contribution in [-0.2, 0) is 17.0 Å². The van der Waals surface area contributed by atoms with Gasteiger partial charge in [0.05, 0.1) is 20.3 Å². The molecule has 0 atom stereocenters. The lowest BCUT2D eigenvalue weighted by Crippen LogP contribution is -2.07. The highest BCUT2D eigenvalue weighted by Crippen LogP contribution is 2.30. The summed E-state index contributed by atoms with van der Waals surface area (Å²) in [7, 11) is 3.39. The first-order chi connectivity index (χ1) is 12.7. The number of pyridine rings is 1. The number of hydrogen-bond acceptors (Lipinski definition) is 6. The lowest BCUT2D eigenvalue weighted by molar-refractivity contribution is 0.185. The fourth-order valence-corrected chi connectivity index (χ4v) is 3.60. The standard InChI is InChI=1S/C19H22N4O2S/c1-14-4-5-17(25-3)16(12-14)13-26-19-22-21-18(23(19)10-11-24-2)15-6-8-20-9-7-15/h4-9,12H,10-11,13H2,1-3H3. The minimum atomic E-state index is 0.595. The molecule has 0 fully saturated rings. The van der Waals surface area contributed by atoms with Crippen molar-refractivity contribution in [1.29, 1.82) is 0 Å². The lowest BCUT2D eigenvalue weighted by atomic mass is 10.1. The normalized spacial score (nSPS) is 10.9. The maximum absolute atomic E-state index is 5.48. The van der Waals surface area contributed by atoms with Crippen molar-refractivity contribution in [3.05, 3.63) is 53.9 Å². The van der Waals surface area contributed by atoms with Crippen molar-refractivity contribution in [3.63, 3.8) is 0 Å². The van der Waals surface area contributed by atoms with E-state index in [1.54, 1.807) is 38.4 Å². The molecule has 3 aromatic rings. The summed E-state index contributed by atoms with van der Waals surface area (Å²) in [6.45, 7) is 3.36. The molecule has 0 aliphatic carbocycles. The lowest BCUT2D eigenvalue weighted by Gasteiger charge is -2.11. The van der Waals surface area contributed by atoms with Crippen LogP contribution in [0.25, 0.3) is 11.4 Å². The second kappa shape index (κ2) is 8.82. The summed E-state index contributed by atoms with van der Waals surface area (Å²) in [5, 5.41) is 9.65. The van der Waals surface area contributed by atoms with E-state index in [1.165, 1.54) is 5.56 Å². The Morgan fingerprint density at radius 1 is 1.08 bits per heavy atom. The zero-order valence-corrected chi connectivity index (χ0v) is 16.0. The fourth-order valence-electron chi connectivity index (χ4n) is 2.66. The first-order valence-corrected chi connectivity index (χ1v) is 9.30. The summed E-state index contributed by atoms with van der Waals surface area (Å²) < 4.78 is 12.8. The number of benzene rings is 1. The Kier molecular flexibility index (Phi) is 6.25. The molecule has 0 aliphatic rings. The van der Waals surface area contributed by atoms with Crippen LogP contribution in [0, 0.1) is 6.92 Å². The quantitative estimate of drug-likeness (QED) is 0.565. The van der Waals surface area contributed by atoms with Crippen LogP contribution < -0.4 is 4.74 Å². The van der Waals surface area contributed by atoms with Gasteiger partial charge in [0.15, 0.2) is 11.0 Å². The Balaban J connectivity index is 1.86. The summed E-state index contributed by atoms with van der Waals surface area (Å²) in [4.78, 5) is 4.07. The van der Waals surface area contributed by atoms with Gasteiger partial charge in [0.2, 0.25) is 0 Å². The minimum Gasteiger partial charge on any atom is -0.496 e. The van der Waals surface area contributed by atoms with Gasteiger partial charge in [-0.3, -0.25) is 9.55 Å². The molecule has 0 aliphatic heterocycles. The molecule has 6 nitrogen and oxygen atoms in total. The second-order valence-corrected chi connectivity index (χ2v) is 6.73. The smallest absolute Gasteiger partial charge is 0.191 e. The molecule has 26 heavy (non-hydrogen) atoms. The molecular formula is C19H22N4O2S. The minimum absolute atomic E-state index is 0.595. The third-order valence-electron chi connectivity index (χ3n) is 3.97. The number of hydrogen-bond donors (Lipinski definition) is 0. The van der Waals surface area contributed by atoms with E-state index in [0.717, 1.165) is 33.6 Å². The molecule has 3 rings (SSSR count). The molecule has 2 aromatic heterocycles. The Morgan fingerprint density at radius 3 is 2.62 bits per heavy atom. The van der Waals surface area contributed by atoms with Crippen molar-refractivity contribution in [2.45, 2.75) is 24.4 Å². The number of thioether (sulfide) groups is 1. The Labute approximate surface area is 157 Å². The molecule has 0 radical (unpaired) electrons. The van der Waals surface area contributed by atoms with Crippen LogP contribution in [0.1, 0.15) is 11.1 Å². The molecule has 2 heterocycles. The second-order valence-electron chi connectivity index (χ2n) is 5.79. The molecule has 136 valence electrons. The van der Waals surface area contributed by atoms with Gasteiger partial charge in [-0.15, -0.1) is 10.2 Å². The highest BCUT2D eigenvalue weighted by atomic mass is 32.2. The van der Waals surface area contributed by atoms with E-state index in [0.29, 0.717) is 13.2 Å². The predicted molar refractivity (Wildman–Crippen MR) is 102 cm³/mol. The van der Waals surface area contributed by atoms with Crippen LogP contribution >= 0.6 is 11.8 Å². The summed E-state index contributed by atoms with van der Waals surface area (Å²) in [6, 6.07) is 10.1. The zero-order valence-electron chi connectivity index (χ0n) is 15.2. The molecule has 0 N–H and O–H groups in total. The molecule has 0 amide bonds. The third-order valence-corrected chi connectivity index (χ3v) is 4.98. The molecular weight excluding hydrogens is 348 g/mol. The van der Waals surface area contributed by atoms with Crippen LogP contribution in [0.2, 0.25) is 0 Å². The highest BCUT2D eigenvalue weighted by Gasteiger charge is 2.15. The monoisotopic (exact) mass is 370 g/mol. The number of aromatic nitrogens is 4. The molecule has 0 bridgehead atoms. The summed E-state index contributed by atoms with van der Waals surface area (Å²) >= 11 is 1.64. The average Bonchev–Trinajstić information content (AvgIpc) is 3.08. The van der Waals surface area contributed by atoms with Crippen molar-refractivity contribution in [3.8, 4) is 17.1 Å². The van der Waals surface area contributed by atoms with E-state index in [1.807, 2.05) is 18.2 Å². The van der Waals surface area contributed by atoms with E-state index in [9.17, 15) is 0 Å². The van der Waals surface area contributed by atoms with Crippen LogP contribution in [0.15, 0.2) is 47.9 Å². The largest absolute Gasteiger partial charge is 0.496 e. The van der Waals surface area contributed by atoms with Crippen LogP contribution in [0.4, 0.5) is 0 Å². The van der Waals surface area contributed by atoms with Gasteiger partial charge in [-0.25, -0.2) is 0 Å². The molecule has 7 heteroatoms. The summed E-state index contributed by atoms with van der Waals surface area (Å²) in [6.07, 6.45) is 3.52. The van der Waals surface area contributed by atoms with Gasteiger partial charge in [0.1, 0.15) is 5.75 Å². The van der Waals surface area contributed by atoms with Gasteiger partial charge in [-0.1, -0.05) is 29.5 Å². The van der Waals surface area contributed by atoms with E-state index in [-0.39, 0.29) is 0 Å². The Bertz CT molecular complexity index is 852. The fraction of sp³-hybridized carbons (Fsp3) is 0.316. The van der Waals surface area contributed by atoms with Crippen LogP contribution in [0.5, 0.6) is 5.75 Å². The molecule has 1 aromatic carbocycles. The van der Waals surface area contributed by atoms with E-state index in [4.69, 9.17) is 9.47 Å². The maximum atomic E-state index is 5.48. The third kappa shape index (κ3) is 4.23. The first kappa shape index (κ1) is 18.4. The Hall–Kier alpha value is -2.38. The maximum Gasteiger partial charge on any atom is 0.191 e. The van der Waals surface area contributed by atoms with Crippen LogP contribution in [0.3, 0.4) is 0 Å². The van der Waals surface area contributed by atoms with Crippen molar-refractivity contribution in [1.82, 2.24) is 19.7 Å². The average molecular weight is 370 g/mol. The van der Waals surface area contributed by atoms with E-state index in [2.05, 4.69) is 38.8 Å². The number of aryl methyl sites for hydroxylation is 1.